The number of anilines is 1. The maximum Gasteiger partial charge on any atom is 0.100 e. The zero-order valence-electron chi connectivity index (χ0n) is 8.67. The summed E-state index contributed by atoms with van der Waals surface area (Å²) in [6, 6.07) is 7.21. The molecular formula is C12H13N3. The van der Waals surface area contributed by atoms with Crippen LogP contribution in [-0.2, 0) is 0 Å². The predicted molar refractivity (Wildman–Crippen MR) is 61.0 cm³/mol. The second-order valence-corrected chi connectivity index (χ2v) is 3.07. The summed E-state index contributed by atoms with van der Waals surface area (Å²) in [4.78, 5) is 0. The molecule has 76 valence electrons. The van der Waals surface area contributed by atoms with Crippen molar-refractivity contribution in [1.82, 2.24) is 5.32 Å². The highest BCUT2D eigenvalue weighted by Gasteiger charge is 1.98. The molecule has 0 aliphatic carbocycles. The normalized spacial score (nSPS) is 8.80. The number of hydrogen-bond donors (Lipinski definition) is 2. The summed E-state index contributed by atoms with van der Waals surface area (Å²) < 4.78 is 0. The molecule has 0 atom stereocenters. The number of rotatable bonds is 2. The summed E-state index contributed by atoms with van der Waals surface area (Å²) in [5.74, 6) is 5.93. The fourth-order valence-electron chi connectivity index (χ4n) is 1.11. The van der Waals surface area contributed by atoms with Gasteiger partial charge in [0.15, 0.2) is 0 Å². The fraction of sp³-hybridized carbons (Fsp3) is 0.250. The lowest BCUT2D eigenvalue weighted by Gasteiger charge is -1.96. The molecule has 0 spiro atoms. The van der Waals surface area contributed by atoms with Gasteiger partial charge in [0.05, 0.1) is 5.56 Å². The first-order valence-corrected chi connectivity index (χ1v) is 4.71. The van der Waals surface area contributed by atoms with Crippen LogP contribution in [0.3, 0.4) is 0 Å². The number of nitriles is 1. The molecule has 0 bridgehead atoms. The molecule has 0 saturated heterocycles. The van der Waals surface area contributed by atoms with Crippen LogP contribution in [0.5, 0.6) is 0 Å². The van der Waals surface area contributed by atoms with E-state index in [4.69, 9.17) is 11.0 Å². The fourth-order valence-corrected chi connectivity index (χ4v) is 1.11. The monoisotopic (exact) mass is 199 g/mol. The van der Waals surface area contributed by atoms with Crippen LogP contribution in [-0.4, -0.2) is 13.6 Å². The van der Waals surface area contributed by atoms with E-state index in [1.807, 2.05) is 7.05 Å². The van der Waals surface area contributed by atoms with Gasteiger partial charge in [0.25, 0.3) is 0 Å². The van der Waals surface area contributed by atoms with Crippen LogP contribution >= 0.6 is 0 Å². The molecule has 0 saturated carbocycles. The molecule has 0 amide bonds. The van der Waals surface area contributed by atoms with Gasteiger partial charge >= 0.3 is 0 Å². The van der Waals surface area contributed by atoms with E-state index in [1.54, 1.807) is 18.2 Å². The highest BCUT2D eigenvalue weighted by atomic mass is 14.8. The first-order chi connectivity index (χ1) is 7.27. The second kappa shape index (κ2) is 5.70. The Balaban J connectivity index is 2.87. The summed E-state index contributed by atoms with van der Waals surface area (Å²) in [6.45, 7) is 0.844. The molecule has 1 aromatic rings. The van der Waals surface area contributed by atoms with Gasteiger partial charge in [0, 0.05) is 24.2 Å². The van der Waals surface area contributed by atoms with Crippen molar-refractivity contribution in [2.45, 2.75) is 6.42 Å². The Hall–Kier alpha value is -1.97. The highest BCUT2D eigenvalue weighted by Crippen LogP contribution is 2.11. The van der Waals surface area contributed by atoms with Crippen molar-refractivity contribution in [3.63, 3.8) is 0 Å². The minimum Gasteiger partial charge on any atom is -0.399 e. The number of nitrogen functional groups attached to an aromatic ring is 1. The lowest BCUT2D eigenvalue weighted by molar-refractivity contribution is 0.818. The molecule has 0 aliphatic rings. The molecule has 15 heavy (non-hydrogen) atoms. The minimum absolute atomic E-state index is 0.571. The molecule has 1 rings (SSSR count). The number of nitrogens with one attached hydrogen (secondary N) is 1. The molecule has 0 aromatic heterocycles. The van der Waals surface area contributed by atoms with E-state index in [-0.39, 0.29) is 0 Å². The van der Waals surface area contributed by atoms with E-state index >= 15 is 0 Å². The first-order valence-electron chi connectivity index (χ1n) is 4.71. The van der Waals surface area contributed by atoms with Gasteiger partial charge in [0.2, 0.25) is 0 Å². The van der Waals surface area contributed by atoms with Gasteiger partial charge in [-0.2, -0.15) is 5.26 Å². The zero-order chi connectivity index (χ0) is 11.1. The molecule has 3 N–H and O–H groups in total. The standard InChI is InChI=1S/C12H13N3/c1-15-7-3-2-4-10-8-12(14)6-5-11(10)9-13/h5-6,8,15H,3,7,14H2,1H3. The van der Waals surface area contributed by atoms with Gasteiger partial charge in [0.1, 0.15) is 6.07 Å². The largest absolute Gasteiger partial charge is 0.399 e. The third-order valence-electron chi connectivity index (χ3n) is 1.89. The van der Waals surface area contributed by atoms with E-state index in [0.29, 0.717) is 16.8 Å². The average molecular weight is 199 g/mol. The second-order valence-electron chi connectivity index (χ2n) is 3.07. The van der Waals surface area contributed by atoms with Gasteiger partial charge < -0.3 is 11.1 Å². The van der Waals surface area contributed by atoms with Crippen LogP contribution in [0, 0.1) is 23.2 Å². The molecular weight excluding hydrogens is 186 g/mol. The third kappa shape index (κ3) is 3.34. The van der Waals surface area contributed by atoms with Gasteiger partial charge in [-0.1, -0.05) is 11.8 Å². The number of nitrogens with zero attached hydrogens (tertiary/aromatic N) is 1. The zero-order valence-corrected chi connectivity index (χ0v) is 8.67. The van der Waals surface area contributed by atoms with Crippen LogP contribution in [0.15, 0.2) is 18.2 Å². The number of nitrogens with two attached hydrogens (primary N) is 1. The number of benzene rings is 1. The van der Waals surface area contributed by atoms with E-state index in [0.717, 1.165) is 13.0 Å². The predicted octanol–water partition coefficient (Wildman–Crippen LogP) is 1.10. The molecule has 3 heteroatoms. The van der Waals surface area contributed by atoms with Crippen LogP contribution < -0.4 is 11.1 Å². The Morgan fingerprint density at radius 3 is 2.87 bits per heavy atom. The van der Waals surface area contributed by atoms with Crippen molar-refractivity contribution in [2.75, 3.05) is 19.3 Å². The average Bonchev–Trinajstić information content (AvgIpc) is 2.25. The molecule has 0 radical (unpaired) electrons. The van der Waals surface area contributed by atoms with E-state index in [1.165, 1.54) is 0 Å². The topological polar surface area (TPSA) is 61.8 Å². The summed E-state index contributed by atoms with van der Waals surface area (Å²) in [7, 11) is 1.88. The van der Waals surface area contributed by atoms with E-state index in [2.05, 4.69) is 23.2 Å². The highest BCUT2D eigenvalue weighted by molar-refractivity contribution is 5.55. The number of hydrogen-bond acceptors (Lipinski definition) is 3. The van der Waals surface area contributed by atoms with Crippen LogP contribution in [0.1, 0.15) is 17.5 Å². The minimum atomic E-state index is 0.571. The molecule has 0 heterocycles. The van der Waals surface area contributed by atoms with Crippen molar-refractivity contribution in [3.8, 4) is 17.9 Å². The lowest BCUT2D eigenvalue weighted by atomic mass is 10.1. The van der Waals surface area contributed by atoms with E-state index in [9.17, 15) is 0 Å². The molecule has 0 unspecified atom stereocenters. The first kappa shape index (κ1) is 11.1. The smallest absolute Gasteiger partial charge is 0.100 e. The van der Waals surface area contributed by atoms with Gasteiger partial charge in [-0.15, -0.1) is 0 Å². The van der Waals surface area contributed by atoms with Crippen LogP contribution in [0.2, 0.25) is 0 Å². The summed E-state index contributed by atoms with van der Waals surface area (Å²) in [6.07, 6.45) is 0.760. The molecule has 3 nitrogen and oxygen atoms in total. The Bertz CT molecular complexity index is 432. The van der Waals surface area contributed by atoms with Crippen molar-refractivity contribution < 1.29 is 0 Å². The van der Waals surface area contributed by atoms with E-state index < -0.39 is 0 Å². The summed E-state index contributed by atoms with van der Waals surface area (Å²) in [5, 5.41) is 11.8. The molecule has 0 aliphatic heterocycles. The van der Waals surface area contributed by atoms with Gasteiger partial charge in [-0.25, -0.2) is 0 Å². The SMILES string of the molecule is CNCCC#Cc1cc(N)ccc1C#N. The van der Waals surface area contributed by atoms with Gasteiger partial charge in [-0.05, 0) is 25.2 Å². The Morgan fingerprint density at radius 2 is 2.20 bits per heavy atom. The quantitative estimate of drug-likeness (QED) is 0.426. The third-order valence-corrected chi connectivity index (χ3v) is 1.89. The van der Waals surface area contributed by atoms with Crippen LogP contribution in [0.4, 0.5) is 5.69 Å². The molecule has 0 fully saturated rings. The Labute approximate surface area is 89.9 Å². The van der Waals surface area contributed by atoms with Crippen molar-refractivity contribution >= 4 is 5.69 Å². The van der Waals surface area contributed by atoms with Crippen molar-refractivity contribution in [1.29, 1.82) is 5.26 Å². The lowest BCUT2D eigenvalue weighted by Crippen LogP contribution is -2.05. The molecule has 1 aromatic carbocycles. The maximum absolute atomic E-state index is 8.84. The Morgan fingerprint density at radius 1 is 1.40 bits per heavy atom. The Kier molecular flexibility index (Phi) is 4.22. The van der Waals surface area contributed by atoms with Gasteiger partial charge in [-0.3, -0.25) is 0 Å². The van der Waals surface area contributed by atoms with Crippen LogP contribution in [0.25, 0.3) is 0 Å². The van der Waals surface area contributed by atoms with Crippen molar-refractivity contribution in [3.05, 3.63) is 29.3 Å². The van der Waals surface area contributed by atoms with Crippen molar-refractivity contribution in [2.24, 2.45) is 0 Å². The summed E-state index contributed by atoms with van der Waals surface area (Å²) in [5.41, 5.74) is 7.53. The maximum atomic E-state index is 8.84. The summed E-state index contributed by atoms with van der Waals surface area (Å²) >= 11 is 0.